The molecular formula is C31H29FN8O2S. The summed E-state index contributed by atoms with van der Waals surface area (Å²) in [6, 6.07) is 12.4. The smallest absolute Gasteiger partial charge is 0.209 e. The Labute approximate surface area is 247 Å². The summed E-state index contributed by atoms with van der Waals surface area (Å²) in [4.78, 5) is 19.6. The van der Waals surface area contributed by atoms with Gasteiger partial charge in [-0.25, -0.2) is 17.5 Å². The first kappa shape index (κ1) is 27.3. The highest BCUT2D eigenvalue weighted by Gasteiger charge is 2.17. The van der Waals surface area contributed by atoms with Gasteiger partial charge >= 0.3 is 0 Å². The normalized spacial score (nSPS) is 14.3. The zero-order valence-corrected chi connectivity index (χ0v) is 24.2. The molecule has 0 unspecified atom stereocenters. The largest absolute Gasteiger partial charge is 0.353 e. The maximum absolute atomic E-state index is 14.6. The molecule has 3 N–H and O–H groups in total. The summed E-state index contributed by atoms with van der Waals surface area (Å²) < 4.78 is 40.2. The summed E-state index contributed by atoms with van der Waals surface area (Å²) in [7, 11) is -3.43. The van der Waals surface area contributed by atoms with E-state index in [1.807, 2.05) is 30.6 Å². The van der Waals surface area contributed by atoms with Crippen LogP contribution in [0.25, 0.3) is 55.7 Å². The van der Waals surface area contributed by atoms with Gasteiger partial charge in [0.1, 0.15) is 11.5 Å². The van der Waals surface area contributed by atoms with Crippen molar-refractivity contribution < 1.29 is 12.8 Å². The topological polar surface area (TPSA) is 133 Å². The lowest BCUT2D eigenvalue weighted by atomic mass is 10.0. The highest BCUT2D eigenvalue weighted by molar-refractivity contribution is 7.88. The summed E-state index contributed by atoms with van der Waals surface area (Å²) in [5.74, 6) is -0.477. The van der Waals surface area contributed by atoms with Gasteiger partial charge in [0.05, 0.1) is 35.1 Å². The van der Waals surface area contributed by atoms with Crippen LogP contribution in [0.3, 0.4) is 0 Å². The number of halogens is 1. The zero-order chi connectivity index (χ0) is 29.6. The van der Waals surface area contributed by atoms with E-state index in [0.29, 0.717) is 16.8 Å². The Morgan fingerprint density at radius 3 is 2.56 bits per heavy atom. The molecule has 12 heteroatoms. The third-order valence-corrected chi connectivity index (χ3v) is 8.38. The number of pyridine rings is 3. The molecule has 7 rings (SSSR count). The molecule has 1 aliphatic rings. The van der Waals surface area contributed by atoms with Gasteiger partial charge < -0.3 is 4.98 Å². The Balaban J connectivity index is 1.24. The summed E-state index contributed by atoms with van der Waals surface area (Å²) in [5.41, 5.74) is 7.62. The van der Waals surface area contributed by atoms with Gasteiger partial charge in [-0.1, -0.05) is 0 Å². The Kier molecular flexibility index (Phi) is 6.96. The van der Waals surface area contributed by atoms with Crippen LogP contribution in [-0.2, 0) is 23.1 Å². The van der Waals surface area contributed by atoms with Crippen LogP contribution in [0.2, 0.25) is 0 Å². The number of hydrogen-bond acceptors (Lipinski definition) is 7. The Bertz CT molecular complexity index is 2080. The molecule has 0 radical (unpaired) electrons. The van der Waals surface area contributed by atoms with Crippen molar-refractivity contribution in [1.82, 2.24) is 39.8 Å². The molecule has 218 valence electrons. The van der Waals surface area contributed by atoms with E-state index in [4.69, 9.17) is 0 Å². The van der Waals surface area contributed by atoms with Crippen molar-refractivity contribution >= 4 is 31.8 Å². The number of aromatic amines is 2. The van der Waals surface area contributed by atoms with E-state index < -0.39 is 15.8 Å². The van der Waals surface area contributed by atoms with E-state index in [0.717, 1.165) is 75.9 Å². The number of rotatable bonds is 8. The SMILES string of the molecule is CS(=O)(=O)NCc1cc(F)cc(-c2nccc3[nH]c(-c4n[nH]c5cnc(-c6cncc(CN7CCCC7)c6)cc45)cc23)c1. The minimum atomic E-state index is -3.43. The number of hydrogen-bond donors (Lipinski definition) is 3. The summed E-state index contributed by atoms with van der Waals surface area (Å²) in [6.07, 6.45) is 10.7. The van der Waals surface area contributed by atoms with Gasteiger partial charge in [-0.3, -0.25) is 25.0 Å². The van der Waals surface area contributed by atoms with E-state index in [-0.39, 0.29) is 6.54 Å². The van der Waals surface area contributed by atoms with Crippen molar-refractivity contribution in [3.05, 3.63) is 84.2 Å². The second kappa shape index (κ2) is 11.0. The second-order valence-electron chi connectivity index (χ2n) is 11.0. The van der Waals surface area contributed by atoms with Crippen molar-refractivity contribution in [3.63, 3.8) is 0 Å². The van der Waals surface area contributed by atoms with Crippen molar-refractivity contribution in [2.45, 2.75) is 25.9 Å². The molecule has 0 aliphatic carbocycles. The first-order valence-electron chi connectivity index (χ1n) is 14.0. The van der Waals surface area contributed by atoms with Crippen LogP contribution in [0.5, 0.6) is 0 Å². The third-order valence-electron chi connectivity index (χ3n) is 7.72. The molecule has 1 aromatic carbocycles. The zero-order valence-electron chi connectivity index (χ0n) is 23.4. The van der Waals surface area contributed by atoms with Crippen molar-refractivity contribution in [2.75, 3.05) is 19.3 Å². The average Bonchev–Trinajstić information content (AvgIpc) is 3.75. The minimum absolute atomic E-state index is 0.0235. The standard InChI is InChI=1S/C31H29FN8O2S/c1-43(41,42)36-15-19-8-21(11-23(32)10-19)30-24-13-28(37-26(24)4-5-34-30)31-25-12-27(35-17-29(25)38-39-31)22-9-20(14-33-16-22)18-40-6-2-3-7-40/h4-5,8-14,16-17,36-37H,2-3,6-7,15,18H2,1H3,(H,38,39). The van der Waals surface area contributed by atoms with Crippen molar-refractivity contribution in [2.24, 2.45) is 0 Å². The predicted molar refractivity (Wildman–Crippen MR) is 164 cm³/mol. The number of fused-ring (bicyclic) bond motifs is 2. The van der Waals surface area contributed by atoms with Crippen molar-refractivity contribution in [3.8, 4) is 33.9 Å². The molecule has 1 aliphatic heterocycles. The predicted octanol–water partition coefficient (Wildman–Crippen LogP) is 5.01. The average molecular weight is 597 g/mol. The Morgan fingerprint density at radius 1 is 0.907 bits per heavy atom. The molecule has 43 heavy (non-hydrogen) atoms. The van der Waals surface area contributed by atoms with Gasteiger partial charge in [0.2, 0.25) is 10.0 Å². The number of nitrogens with one attached hydrogen (secondary N) is 3. The first-order valence-corrected chi connectivity index (χ1v) is 15.9. The van der Waals surface area contributed by atoms with Crippen LogP contribution in [0.4, 0.5) is 4.39 Å². The minimum Gasteiger partial charge on any atom is -0.353 e. The molecular weight excluding hydrogens is 567 g/mol. The lowest BCUT2D eigenvalue weighted by molar-refractivity contribution is 0.331. The van der Waals surface area contributed by atoms with Gasteiger partial charge in [0.15, 0.2) is 0 Å². The van der Waals surface area contributed by atoms with E-state index in [1.165, 1.54) is 25.0 Å². The fourth-order valence-electron chi connectivity index (χ4n) is 5.71. The molecule has 0 amide bonds. The lowest BCUT2D eigenvalue weighted by Crippen LogP contribution is -2.21. The maximum atomic E-state index is 14.6. The van der Waals surface area contributed by atoms with Gasteiger partial charge in [-0.2, -0.15) is 5.10 Å². The number of aromatic nitrogens is 6. The highest BCUT2D eigenvalue weighted by Crippen LogP contribution is 2.34. The summed E-state index contributed by atoms with van der Waals surface area (Å²) in [5, 5.41) is 9.36. The molecule has 0 bridgehead atoms. The molecule has 6 aromatic rings. The van der Waals surface area contributed by atoms with Crippen LogP contribution in [0, 0.1) is 5.82 Å². The van der Waals surface area contributed by atoms with E-state index in [9.17, 15) is 12.8 Å². The van der Waals surface area contributed by atoms with Crippen LogP contribution >= 0.6 is 0 Å². The molecule has 1 fully saturated rings. The fourth-order valence-corrected chi connectivity index (χ4v) is 6.14. The lowest BCUT2D eigenvalue weighted by Gasteiger charge is -2.14. The third kappa shape index (κ3) is 5.76. The van der Waals surface area contributed by atoms with Crippen molar-refractivity contribution in [1.29, 1.82) is 0 Å². The van der Waals surface area contributed by atoms with E-state index >= 15 is 0 Å². The first-order chi connectivity index (χ1) is 20.8. The number of nitrogens with zero attached hydrogens (tertiary/aromatic N) is 5. The highest BCUT2D eigenvalue weighted by atomic mass is 32.2. The Hall–Kier alpha value is -4.52. The quantitative estimate of drug-likeness (QED) is 0.225. The Morgan fingerprint density at radius 2 is 1.72 bits per heavy atom. The second-order valence-corrected chi connectivity index (χ2v) is 12.8. The number of benzene rings is 1. The summed E-state index contributed by atoms with van der Waals surface area (Å²) in [6.45, 7) is 3.10. The molecule has 0 spiro atoms. The van der Waals surface area contributed by atoms with Crippen LogP contribution in [-0.4, -0.2) is 62.8 Å². The van der Waals surface area contributed by atoms with Gasteiger partial charge in [-0.05, 0) is 79.5 Å². The monoisotopic (exact) mass is 596 g/mol. The van der Waals surface area contributed by atoms with Crippen LogP contribution in [0.15, 0.2) is 67.3 Å². The van der Waals surface area contributed by atoms with Gasteiger partial charge in [-0.15, -0.1) is 0 Å². The molecule has 6 heterocycles. The maximum Gasteiger partial charge on any atom is 0.209 e. The fraction of sp³-hybridized carbons (Fsp3) is 0.226. The van der Waals surface area contributed by atoms with Crippen LogP contribution < -0.4 is 4.72 Å². The molecule has 0 atom stereocenters. The van der Waals surface area contributed by atoms with Gasteiger partial charge in [0, 0.05) is 59.1 Å². The molecule has 5 aromatic heterocycles. The summed E-state index contributed by atoms with van der Waals surface area (Å²) >= 11 is 0. The number of sulfonamides is 1. The molecule has 10 nitrogen and oxygen atoms in total. The molecule has 0 saturated carbocycles. The van der Waals surface area contributed by atoms with E-state index in [2.05, 4.69) is 45.8 Å². The van der Waals surface area contributed by atoms with Crippen LogP contribution in [0.1, 0.15) is 24.0 Å². The van der Waals surface area contributed by atoms with Gasteiger partial charge in [0.25, 0.3) is 0 Å². The van der Waals surface area contributed by atoms with E-state index in [1.54, 1.807) is 18.5 Å². The number of H-pyrrole nitrogens is 2. The molecule has 1 saturated heterocycles. The number of likely N-dealkylation sites (tertiary alicyclic amines) is 1.